The first-order valence-corrected chi connectivity index (χ1v) is 19.9. The lowest BCUT2D eigenvalue weighted by atomic mass is 9.77. The van der Waals surface area contributed by atoms with E-state index in [0.29, 0.717) is 45.9 Å². The van der Waals surface area contributed by atoms with Crippen molar-refractivity contribution in [3.05, 3.63) is 46.0 Å². The molecular formula is C35H63BrO8Si. The number of hydrogen-bond donors (Lipinski definition) is 1. The van der Waals surface area contributed by atoms with Gasteiger partial charge >= 0.3 is 0 Å². The minimum absolute atomic E-state index is 0.0250. The van der Waals surface area contributed by atoms with Crippen LogP contribution in [0.4, 0.5) is 0 Å². The molecule has 0 aliphatic heterocycles. The van der Waals surface area contributed by atoms with E-state index in [1.807, 2.05) is 12.1 Å². The van der Waals surface area contributed by atoms with Crippen LogP contribution < -0.4 is 0 Å². The Labute approximate surface area is 283 Å². The molecule has 1 aromatic carbocycles. The van der Waals surface area contributed by atoms with E-state index in [9.17, 15) is 5.11 Å². The number of aliphatic hydroxyl groups excluding tert-OH is 1. The van der Waals surface area contributed by atoms with Crippen LogP contribution in [0.15, 0.2) is 40.4 Å². The lowest BCUT2D eigenvalue weighted by molar-refractivity contribution is -0.126. The standard InChI is InChI=1S/C35H63BrO8Si/c1-12-28(24-42-25-40-18-16-38-8)20-27(2)32(44-45(10,11)34(3,4)5)22-31(37)23-33(43-26-41-19-17-39-9)35(6,7)29-14-13-15-30(36)21-29/h13-15,20-21,28,31-33,37H,12,16-19,22-26H2,1-11H3/b27-20-/t28-,31+,32-,33+/m1/s1. The smallest absolute Gasteiger partial charge is 0.192 e. The zero-order chi connectivity index (χ0) is 34.1. The largest absolute Gasteiger partial charge is 0.410 e. The van der Waals surface area contributed by atoms with Gasteiger partial charge < -0.3 is 38.0 Å². The maximum absolute atomic E-state index is 11.7. The molecule has 0 fully saturated rings. The van der Waals surface area contributed by atoms with Gasteiger partial charge in [-0.2, -0.15) is 0 Å². The molecule has 0 aliphatic carbocycles. The van der Waals surface area contributed by atoms with Gasteiger partial charge in [-0.1, -0.05) is 75.7 Å². The van der Waals surface area contributed by atoms with Gasteiger partial charge in [-0.05, 0) is 54.7 Å². The monoisotopic (exact) mass is 718 g/mol. The van der Waals surface area contributed by atoms with Crippen molar-refractivity contribution in [3.63, 3.8) is 0 Å². The summed E-state index contributed by atoms with van der Waals surface area (Å²) < 4.78 is 41.4. The average molecular weight is 720 g/mol. The van der Waals surface area contributed by atoms with Crippen molar-refractivity contribution in [2.75, 3.05) is 60.8 Å². The first kappa shape index (κ1) is 42.4. The summed E-state index contributed by atoms with van der Waals surface area (Å²) in [5, 5.41) is 11.7. The molecule has 0 amide bonds. The normalized spacial score (nSPS) is 16.1. The first-order chi connectivity index (χ1) is 21.1. The van der Waals surface area contributed by atoms with E-state index >= 15 is 0 Å². The van der Waals surface area contributed by atoms with E-state index in [4.69, 9.17) is 32.8 Å². The quantitative estimate of drug-likeness (QED) is 0.0501. The first-order valence-electron chi connectivity index (χ1n) is 16.2. The molecule has 4 atom stereocenters. The van der Waals surface area contributed by atoms with Crippen LogP contribution in [0.2, 0.25) is 18.1 Å². The highest BCUT2D eigenvalue weighted by atomic mass is 79.9. The second-order valence-corrected chi connectivity index (χ2v) is 19.5. The molecule has 0 spiro atoms. The Morgan fingerprint density at radius 1 is 0.933 bits per heavy atom. The molecule has 45 heavy (non-hydrogen) atoms. The van der Waals surface area contributed by atoms with Crippen LogP contribution in [0.3, 0.4) is 0 Å². The van der Waals surface area contributed by atoms with Crippen LogP contribution >= 0.6 is 15.9 Å². The highest BCUT2D eigenvalue weighted by Gasteiger charge is 2.41. The maximum Gasteiger partial charge on any atom is 0.192 e. The molecule has 8 nitrogen and oxygen atoms in total. The van der Waals surface area contributed by atoms with Crippen LogP contribution in [-0.2, 0) is 38.3 Å². The zero-order valence-electron chi connectivity index (χ0n) is 30.0. The SMILES string of the molecule is CC[C@H](/C=C(/C)[C@@H](C[C@H](O)C[C@H](OCOCCOC)C(C)(C)c1cccc(Br)c1)O[Si](C)(C)C(C)(C)C)COCOCCOC. The van der Waals surface area contributed by atoms with Gasteiger partial charge in [0.25, 0.3) is 0 Å². The third kappa shape index (κ3) is 15.9. The highest BCUT2D eigenvalue weighted by molar-refractivity contribution is 9.10. The molecule has 1 rings (SSSR count). The summed E-state index contributed by atoms with van der Waals surface area (Å²) >= 11 is 3.61. The summed E-state index contributed by atoms with van der Waals surface area (Å²) in [6.07, 6.45) is 2.86. The zero-order valence-corrected chi connectivity index (χ0v) is 32.5. The lowest BCUT2D eigenvalue weighted by Gasteiger charge is -2.41. The van der Waals surface area contributed by atoms with Gasteiger partial charge in [0.15, 0.2) is 8.32 Å². The minimum Gasteiger partial charge on any atom is -0.410 e. The minimum atomic E-state index is -2.16. The van der Waals surface area contributed by atoms with Gasteiger partial charge in [-0.3, -0.25) is 0 Å². The predicted octanol–water partition coefficient (Wildman–Crippen LogP) is 7.87. The Morgan fingerprint density at radius 2 is 1.56 bits per heavy atom. The fraction of sp³-hybridized carbons (Fsp3) is 0.771. The molecule has 0 radical (unpaired) electrons. The molecule has 0 aromatic heterocycles. The number of ether oxygens (including phenoxy) is 6. The van der Waals surface area contributed by atoms with Crippen molar-refractivity contribution in [2.24, 2.45) is 5.92 Å². The van der Waals surface area contributed by atoms with Crippen molar-refractivity contribution in [2.45, 2.75) is 110 Å². The molecule has 0 saturated heterocycles. The Hall–Kier alpha value is -0.663. The summed E-state index contributed by atoms with van der Waals surface area (Å²) in [6.45, 7) is 22.7. The molecule has 0 bridgehead atoms. The number of benzene rings is 1. The van der Waals surface area contributed by atoms with E-state index in [-0.39, 0.29) is 36.7 Å². The second-order valence-electron chi connectivity index (χ2n) is 13.9. The van der Waals surface area contributed by atoms with Crippen LogP contribution in [-0.4, -0.2) is 92.6 Å². The number of hydrogen-bond acceptors (Lipinski definition) is 8. The number of methoxy groups -OCH3 is 2. The van der Waals surface area contributed by atoms with E-state index in [1.165, 1.54) is 0 Å². The molecule has 0 aliphatic rings. The topological polar surface area (TPSA) is 84.8 Å². The summed E-state index contributed by atoms with van der Waals surface area (Å²) in [7, 11) is 1.14. The van der Waals surface area contributed by atoms with E-state index in [2.05, 4.69) is 95.7 Å². The van der Waals surface area contributed by atoms with E-state index in [0.717, 1.165) is 22.0 Å². The van der Waals surface area contributed by atoms with Gasteiger partial charge in [0.05, 0.1) is 51.3 Å². The Balaban J connectivity index is 3.20. The third-order valence-electron chi connectivity index (χ3n) is 8.83. The third-order valence-corrected chi connectivity index (χ3v) is 13.8. The fourth-order valence-corrected chi connectivity index (χ4v) is 6.40. The van der Waals surface area contributed by atoms with Gasteiger partial charge in [0.2, 0.25) is 0 Å². The van der Waals surface area contributed by atoms with Gasteiger partial charge in [0, 0.05) is 42.9 Å². The number of halogens is 1. The average Bonchev–Trinajstić information content (AvgIpc) is 2.96. The van der Waals surface area contributed by atoms with E-state index < -0.39 is 19.8 Å². The molecule has 1 aromatic rings. The van der Waals surface area contributed by atoms with Crippen LogP contribution in [0, 0.1) is 5.92 Å². The Kier molecular flexibility index (Phi) is 20.1. The molecule has 1 N–H and O–H groups in total. The maximum atomic E-state index is 11.7. The van der Waals surface area contributed by atoms with Crippen molar-refractivity contribution in [1.29, 1.82) is 0 Å². The van der Waals surface area contributed by atoms with Crippen molar-refractivity contribution >= 4 is 24.2 Å². The Bertz CT molecular complexity index is 965. The van der Waals surface area contributed by atoms with Gasteiger partial charge in [-0.25, -0.2) is 0 Å². The fourth-order valence-electron chi connectivity index (χ4n) is 4.65. The summed E-state index contributed by atoms with van der Waals surface area (Å²) in [6, 6.07) is 8.26. The van der Waals surface area contributed by atoms with E-state index in [1.54, 1.807) is 14.2 Å². The molecule has 0 saturated carbocycles. The van der Waals surface area contributed by atoms with Crippen molar-refractivity contribution in [1.82, 2.24) is 0 Å². The molecule has 10 heteroatoms. The second kappa shape index (κ2) is 21.3. The van der Waals surface area contributed by atoms with Crippen molar-refractivity contribution < 1.29 is 38.0 Å². The number of rotatable bonds is 24. The molecular weight excluding hydrogens is 656 g/mol. The summed E-state index contributed by atoms with van der Waals surface area (Å²) in [5.74, 6) is 0.203. The molecule has 0 heterocycles. The van der Waals surface area contributed by atoms with Crippen molar-refractivity contribution in [3.8, 4) is 0 Å². The molecule has 262 valence electrons. The van der Waals surface area contributed by atoms with Crippen LogP contribution in [0.25, 0.3) is 0 Å². The predicted molar refractivity (Wildman–Crippen MR) is 188 cm³/mol. The summed E-state index contributed by atoms with van der Waals surface area (Å²) in [4.78, 5) is 0. The van der Waals surface area contributed by atoms with Gasteiger partial charge in [0.1, 0.15) is 13.6 Å². The Morgan fingerprint density at radius 3 is 2.11 bits per heavy atom. The van der Waals surface area contributed by atoms with Gasteiger partial charge in [-0.15, -0.1) is 0 Å². The lowest BCUT2D eigenvalue weighted by Crippen LogP contribution is -2.45. The van der Waals surface area contributed by atoms with Crippen LogP contribution in [0.5, 0.6) is 0 Å². The highest BCUT2D eigenvalue weighted by Crippen LogP contribution is 2.39. The summed E-state index contributed by atoms with van der Waals surface area (Å²) in [5.41, 5.74) is 1.83. The van der Waals surface area contributed by atoms with Crippen LogP contribution in [0.1, 0.15) is 73.3 Å². The number of aliphatic hydroxyl groups is 1. The molecule has 0 unspecified atom stereocenters.